The molecule has 214 valence electrons. The van der Waals surface area contributed by atoms with Crippen molar-refractivity contribution in [2.75, 3.05) is 0 Å². The molecule has 0 aliphatic carbocycles. The van der Waals surface area contributed by atoms with Crippen LogP contribution in [0.15, 0.2) is 78.5 Å². The first kappa shape index (κ1) is 26.0. The largest absolute Gasteiger partial charge is 0.208 e. The summed E-state index contributed by atoms with van der Waals surface area (Å²) in [6.45, 7) is 0. The summed E-state index contributed by atoms with van der Waals surface area (Å²) in [6.07, 6.45) is 0. The van der Waals surface area contributed by atoms with Gasteiger partial charge >= 0.3 is 0 Å². The first-order valence-corrected chi connectivity index (χ1v) is 12.6. The van der Waals surface area contributed by atoms with E-state index >= 15 is 17.6 Å². The van der Waals surface area contributed by atoms with Crippen LogP contribution in [0.2, 0.25) is 0 Å². The van der Waals surface area contributed by atoms with E-state index in [0.717, 1.165) is 0 Å². The Morgan fingerprint density at radius 1 is 0.273 bits per heavy atom. The molecule has 0 saturated heterocycles. The molecule has 6 nitrogen and oxygen atoms in total. The van der Waals surface area contributed by atoms with Crippen LogP contribution in [-0.4, -0.2) is 35.0 Å². The molecule has 4 aliphatic heterocycles. The maximum Gasteiger partial charge on any atom is 0.198 e. The SMILES string of the molecule is Fc1c(F)c(F)c2c(c1F)C1=NC3=NC(=NC4=NC(=NC2=N1)c1c(F)c(F)c(F)c(F)c14)c1ccccc1-c1ccccc13. The van der Waals surface area contributed by atoms with Gasteiger partial charge in [-0.25, -0.2) is 65.1 Å². The number of nitrogens with zero attached hydrogens (tertiary/aromatic N) is 6. The number of benzene rings is 4. The highest BCUT2D eigenvalue weighted by atomic mass is 19.2. The molecule has 6 bridgehead atoms. The quantitative estimate of drug-likeness (QED) is 0.127. The monoisotopic (exact) mass is 604 g/mol. The van der Waals surface area contributed by atoms with Crippen molar-refractivity contribution in [1.82, 2.24) is 0 Å². The second-order valence-electron chi connectivity index (χ2n) is 9.72. The zero-order valence-electron chi connectivity index (χ0n) is 21.3. The van der Waals surface area contributed by atoms with Crippen molar-refractivity contribution in [3.05, 3.63) is 128 Å². The van der Waals surface area contributed by atoms with E-state index in [2.05, 4.69) is 30.0 Å². The maximum atomic E-state index is 15.3. The van der Waals surface area contributed by atoms with Gasteiger partial charge in [0.2, 0.25) is 0 Å². The fourth-order valence-corrected chi connectivity index (χ4v) is 5.37. The lowest BCUT2D eigenvalue weighted by molar-refractivity contribution is 0.407. The molecule has 0 unspecified atom stereocenters. The van der Waals surface area contributed by atoms with Gasteiger partial charge in [0.25, 0.3) is 0 Å². The van der Waals surface area contributed by atoms with Gasteiger partial charge in [-0.05, 0) is 11.1 Å². The maximum absolute atomic E-state index is 15.3. The Bertz CT molecular complexity index is 2250. The van der Waals surface area contributed by atoms with Crippen LogP contribution in [0.25, 0.3) is 11.1 Å². The van der Waals surface area contributed by atoms with Crippen molar-refractivity contribution < 1.29 is 35.1 Å². The molecule has 0 N–H and O–H groups in total. The number of halogens is 8. The van der Waals surface area contributed by atoms with E-state index in [0.29, 0.717) is 22.3 Å². The van der Waals surface area contributed by atoms with Crippen molar-refractivity contribution in [1.29, 1.82) is 0 Å². The van der Waals surface area contributed by atoms with Crippen LogP contribution in [0.1, 0.15) is 33.4 Å². The van der Waals surface area contributed by atoms with Crippen molar-refractivity contribution >= 4 is 35.0 Å². The van der Waals surface area contributed by atoms with Crippen LogP contribution in [0, 0.1) is 46.5 Å². The van der Waals surface area contributed by atoms with Gasteiger partial charge in [0.05, 0.1) is 22.3 Å². The molecule has 0 spiro atoms. The van der Waals surface area contributed by atoms with Gasteiger partial charge in [-0.2, -0.15) is 0 Å². The summed E-state index contributed by atoms with van der Waals surface area (Å²) in [5, 5.41) is 0. The number of hydrogen-bond donors (Lipinski definition) is 0. The Labute approximate surface area is 239 Å². The molecule has 0 aromatic heterocycles. The van der Waals surface area contributed by atoms with E-state index in [9.17, 15) is 17.6 Å². The molecular weight excluding hydrogens is 596 g/mol. The fourth-order valence-electron chi connectivity index (χ4n) is 5.37. The first-order valence-electron chi connectivity index (χ1n) is 12.6. The van der Waals surface area contributed by atoms with Crippen LogP contribution in [0.3, 0.4) is 0 Å². The van der Waals surface area contributed by atoms with E-state index in [1.54, 1.807) is 48.5 Å². The lowest BCUT2D eigenvalue weighted by atomic mass is 9.95. The molecular formula is C30H8F8N6. The lowest BCUT2D eigenvalue weighted by Gasteiger charge is -2.09. The molecule has 4 aromatic carbocycles. The highest BCUT2D eigenvalue weighted by Gasteiger charge is 2.39. The summed E-state index contributed by atoms with van der Waals surface area (Å²) in [7, 11) is 0. The zero-order valence-corrected chi connectivity index (χ0v) is 21.3. The van der Waals surface area contributed by atoms with Crippen molar-refractivity contribution in [2.45, 2.75) is 0 Å². The minimum atomic E-state index is -2.21. The minimum absolute atomic E-state index is 0.230. The van der Waals surface area contributed by atoms with Gasteiger partial charge < -0.3 is 0 Å². The van der Waals surface area contributed by atoms with E-state index < -0.39 is 92.1 Å². The van der Waals surface area contributed by atoms with Gasteiger partial charge in [-0.1, -0.05) is 48.5 Å². The molecule has 0 atom stereocenters. The Balaban J connectivity index is 1.56. The number of aliphatic imine (C=N–C) groups is 6. The van der Waals surface area contributed by atoms with Crippen LogP contribution in [0.5, 0.6) is 0 Å². The predicted octanol–water partition coefficient (Wildman–Crippen LogP) is 6.40. The Morgan fingerprint density at radius 2 is 0.500 bits per heavy atom. The van der Waals surface area contributed by atoms with Crippen molar-refractivity contribution in [2.24, 2.45) is 30.0 Å². The molecule has 8 rings (SSSR count). The zero-order chi connectivity index (χ0) is 30.6. The highest BCUT2D eigenvalue weighted by molar-refractivity contribution is 6.33. The van der Waals surface area contributed by atoms with Crippen molar-refractivity contribution in [3.8, 4) is 11.1 Å². The first-order chi connectivity index (χ1) is 21.2. The molecule has 44 heavy (non-hydrogen) atoms. The molecule has 14 heteroatoms. The summed E-state index contributed by atoms with van der Waals surface area (Å²) in [4.78, 5) is 24.9. The van der Waals surface area contributed by atoms with Crippen LogP contribution >= 0.6 is 0 Å². The smallest absolute Gasteiger partial charge is 0.198 e. The van der Waals surface area contributed by atoms with Gasteiger partial charge in [0.15, 0.2) is 81.6 Å². The van der Waals surface area contributed by atoms with Gasteiger partial charge in [0.1, 0.15) is 0 Å². The molecule has 4 aromatic rings. The summed E-state index contributed by atoms with van der Waals surface area (Å²) in [5.74, 6) is -20.0. The third-order valence-corrected chi connectivity index (χ3v) is 7.33. The third-order valence-electron chi connectivity index (χ3n) is 7.33. The summed E-state index contributed by atoms with van der Waals surface area (Å²) >= 11 is 0. The average molecular weight is 604 g/mol. The Hall–Kier alpha value is -5.66. The minimum Gasteiger partial charge on any atom is -0.208 e. The average Bonchev–Trinajstić information content (AvgIpc) is 3.53. The fraction of sp³-hybridized carbons (Fsp3) is 0. The topological polar surface area (TPSA) is 74.2 Å². The summed E-state index contributed by atoms with van der Waals surface area (Å²) in [5.41, 5.74) is -2.28. The summed E-state index contributed by atoms with van der Waals surface area (Å²) in [6, 6.07) is 13.2. The van der Waals surface area contributed by atoms with Crippen LogP contribution < -0.4 is 0 Å². The lowest BCUT2D eigenvalue weighted by Crippen LogP contribution is -2.14. The number of amidine groups is 6. The van der Waals surface area contributed by atoms with Gasteiger partial charge in [-0.3, -0.25) is 0 Å². The Morgan fingerprint density at radius 3 is 0.818 bits per heavy atom. The molecule has 4 heterocycles. The predicted molar refractivity (Wildman–Crippen MR) is 144 cm³/mol. The number of hydrogen-bond acceptors (Lipinski definition) is 6. The van der Waals surface area contributed by atoms with Crippen LogP contribution in [0.4, 0.5) is 35.1 Å². The second-order valence-corrected chi connectivity index (χ2v) is 9.72. The van der Waals surface area contributed by atoms with E-state index in [4.69, 9.17) is 0 Å². The number of rotatable bonds is 0. The van der Waals surface area contributed by atoms with Crippen molar-refractivity contribution in [3.63, 3.8) is 0 Å². The normalized spacial score (nSPS) is 15.6. The number of fused-ring (bicyclic) bond motifs is 14. The second kappa shape index (κ2) is 8.92. The van der Waals surface area contributed by atoms with Crippen LogP contribution in [-0.2, 0) is 0 Å². The molecule has 0 amide bonds. The third kappa shape index (κ3) is 3.35. The summed E-state index contributed by atoms with van der Waals surface area (Å²) < 4.78 is 119. The van der Waals surface area contributed by atoms with E-state index in [-0.39, 0.29) is 11.7 Å². The van der Waals surface area contributed by atoms with E-state index in [1.165, 1.54) is 0 Å². The standard InChI is InChI=1S/C30H8F8N6/c31-17-13-15(19(33)23(37)21(17)35)29-42-27(13)40-25-11-7-3-1-5-9(11)10-6-2-4-8-12(10)26(39-25)41-28-14-16(30(43-28)44-29)20(34)24(38)22(36)18(14)32/h1-8H. The van der Waals surface area contributed by atoms with Gasteiger partial charge in [0, 0.05) is 11.1 Å². The van der Waals surface area contributed by atoms with E-state index in [1.807, 2.05) is 0 Å². The molecule has 0 fully saturated rings. The highest BCUT2D eigenvalue weighted by Crippen LogP contribution is 2.37. The molecule has 4 aliphatic rings. The Kier molecular flexibility index (Phi) is 5.27. The molecule has 0 radical (unpaired) electrons. The molecule has 0 saturated carbocycles. The van der Waals surface area contributed by atoms with Gasteiger partial charge in [-0.15, -0.1) is 0 Å².